The highest BCUT2D eigenvalue weighted by Gasteiger charge is 2.38. The lowest BCUT2D eigenvalue weighted by Crippen LogP contribution is -2.36. The van der Waals surface area contributed by atoms with Crippen molar-refractivity contribution >= 4 is 5.91 Å². The maximum Gasteiger partial charge on any atom is 0.274 e. The van der Waals surface area contributed by atoms with Crippen molar-refractivity contribution in [3.05, 3.63) is 47.0 Å². The van der Waals surface area contributed by atoms with Gasteiger partial charge in [0.2, 0.25) is 0 Å². The Morgan fingerprint density at radius 3 is 2.88 bits per heavy atom. The number of rotatable bonds is 3. The van der Waals surface area contributed by atoms with E-state index in [0.29, 0.717) is 37.3 Å². The van der Waals surface area contributed by atoms with Gasteiger partial charge in [0.1, 0.15) is 5.82 Å². The number of β-amino-alcohol motifs (C(OH)–C–C–N with tert-alkyl or cyclic N) is 1. The Morgan fingerprint density at radius 2 is 2.15 bits per heavy atom. The van der Waals surface area contributed by atoms with E-state index in [4.69, 9.17) is 0 Å². The van der Waals surface area contributed by atoms with Gasteiger partial charge in [-0.2, -0.15) is 5.10 Å². The van der Waals surface area contributed by atoms with Crippen molar-refractivity contribution in [2.45, 2.75) is 51.0 Å². The Labute approximate surface area is 152 Å². The fourth-order valence-corrected chi connectivity index (χ4v) is 4.06. The summed E-state index contributed by atoms with van der Waals surface area (Å²) in [4.78, 5) is 14.8. The van der Waals surface area contributed by atoms with E-state index in [9.17, 15) is 14.3 Å². The summed E-state index contributed by atoms with van der Waals surface area (Å²) in [5.74, 6) is -0.439. The van der Waals surface area contributed by atoms with Crippen LogP contribution in [0.5, 0.6) is 0 Å². The predicted octanol–water partition coefficient (Wildman–Crippen LogP) is 2.88. The van der Waals surface area contributed by atoms with E-state index >= 15 is 0 Å². The second kappa shape index (κ2) is 6.50. The highest BCUT2D eigenvalue weighted by molar-refractivity contribution is 5.94. The number of nitrogens with zero attached hydrogens (tertiary/aromatic N) is 3. The molecule has 0 radical (unpaired) electrons. The van der Waals surface area contributed by atoms with Gasteiger partial charge in [-0.25, -0.2) is 9.07 Å². The van der Waals surface area contributed by atoms with Crippen LogP contribution in [0.25, 0.3) is 5.69 Å². The molecule has 138 valence electrons. The minimum absolute atomic E-state index is 0.123. The largest absolute Gasteiger partial charge is 0.388 e. The summed E-state index contributed by atoms with van der Waals surface area (Å²) < 4.78 is 15.4. The number of hydrogen-bond acceptors (Lipinski definition) is 3. The maximum atomic E-state index is 13.7. The van der Waals surface area contributed by atoms with Crippen LogP contribution in [0, 0.1) is 5.82 Å². The standard InChI is InChI=1S/C20H24FN3O2/c1-2-20(26)10-11-23(13-20)19(25)18-16-8-3-4-9-17(16)24(22-18)15-7-5-6-14(21)12-15/h5-7,12,26H,2-4,8-11,13H2,1H3/t20-/m0/s1. The molecule has 1 saturated heterocycles. The average Bonchev–Trinajstić information content (AvgIpc) is 3.23. The van der Waals surface area contributed by atoms with Gasteiger partial charge in [0, 0.05) is 24.3 Å². The number of aliphatic hydroxyl groups is 1. The Bertz CT molecular complexity index is 848. The molecule has 26 heavy (non-hydrogen) atoms. The van der Waals surface area contributed by atoms with Crippen LogP contribution >= 0.6 is 0 Å². The van der Waals surface area contributed by atoms with E-state index in [1.807, 2.05) is 13.0 Å². The van der Waals surface area contributed by atoms with Crippen LogP contribution in [0.15, 0.2) is 24.3 Å². The van der Waals surface area contributed by atoms with Crippen LogP contribution in [0.2, 0.25) is 0 Å². The van der Waals surface area contributed by atoms with Gasteiger partial charge in [-0.15, -0.1) is 0 Å². The summed E-state index contributed by atoms with van der Waals surface area (Å²) >= 11 is 0. The summed E-state index contributed by atoms with van der Waals surface area (Å²) in [6.07, 6.45) is 4.96. The van der Waals surface area contributed by atoms with Gasteiger partial charge in [-0.3, -0.25) is 4.79 Å². The highest BCUT2D eigenvalue weighted by Crippen LogP contribution is 2.30. The number of hydrogen-bond donors (Lipinski definition) is 1. The quantitative estimate of drug-likeness (QED) is 0.919. The summed E-state index contributed by atoms with van der Waals surface area (Å²) in [6, 6.07) is 6.32. The molecule has 5 nitrogen and oxygen atoms in total. The molecular weight excluding hydrogens is 333 g/mol. The maximum absolute atomic E-state index is 13.7. The first-order valence-electron chi connectivity index (χ1n) is 9.39. The van der Waals surface area contributed by atoms with Gasteiger partial charge in [0.05, 0.1) is 11.3 Å². The van der Waals surface area contributed by atoms with Crippen molar-refractivity contribution < 1.29 is 14.3 Å². The number of aromatic nitrogens is 2. The van der Waals surface area contributed by atoms with Crippen LogP contribution in [-0.2, 0) is 12.8 Å². The molecule has 1 aromatic heterocycles. The number of carbonyl (C=O) groups is 1. The van der Waals surface area contributed by atoms with E-state index < -0.39 is 5.60 Å². The Morgan fingerprint density at radius 1 is 1.35 bits per heavy atom. The van der Waals surface area contributed by atoms with Gasteiger partial charge in [0.25, 0.3) is 5.91 Å². The number of fused-ring (bicyclic) bond motifs is 1. The number of likely N-dealkylation sites (tertiary alicyclic amines) is 1. The Balaban J connectivity index is 1.72. The van der Waals surface area contributed by atoms with Crippen molar-refractivity contribution in [3.63, 3.8) is 0 Å². The molecule has 2 aliphatic rings. The molecule has 6 heteroatoms. The average molecular weight is 357 g/mol. The van der Waals surface area contributed by atoms with Crippen molar-refractivity contribution in [2.75, 3.05) is 13.1 Å². The molecule has 1 atom stereocenters. The van der Waals surface area contributed by atoms with Gasteiger partial charge >= 0.3 is 0 Å². The molecule has 1 fully saturated rings. The first kappa shape index (κ1) is 17.2. The third-order valence-electron chi connectivity index (χ3n) is 5.71. The van der Waals surface area contributed by atoms with Crippen molar-refractivity contribution in [3.8, 4) is 5.69 Å². The second-order valence-corrected chi connectivity index (χ2v) is 7.43. The molecule has 4 rings (SSSR count). The monoisotopic (exact) mass is 357 g/mol. The minimum atomic E-state index is -0.791. The molecule has 1 aliphatic carbocycles. The number of halogens is 1. The van der Waals surface area contributed by atoms with Crippen LogP contribution in [0.3, 0.4) is 0 Å². The molecule has 0 bridgehead atoms. The summed E-state index contributed by atoms with van der Waals surface area (Å²) in [6.45, 7) is 2.84. The van der Waals surface area contributed by atoms with Gasteiger partial charge in [-0.1, -0.05) is 13.0 Å². The van der Waals surface area contributed by atoms with Crippen LogP contribution in [0.1, 0.15) is 54.4 Å². The topological polar surface area (TPSA) is 58.4 Å². The number of benzene rings is 1. The molecule has 1 aromatic carbocycles. The van der Waals surface area contributed by atoms with E-state index in [2.05, 4.69) is 5.10 Å². The van der Waals surface area contributed by atoms with E-state index in [1.54, 1.807) is 15.6 Å². The first-order chi connectivity index (χ1) is 12.5. The van der Waals surface area contributed by atoms with Crippen molar-refractivity contribution in [1.29, 1.82) is 0 Å². The highest BCUT2D eigenvalue weighted by atomic mass is 19.1. The summed E-state index contributed by atoms with van der Waals surface area (Å²) in [7, 11) is 0. The number of carbonyl (C=O) groups excluding carboxylic acids is 1. The van der Waals surface area contributed by atoms with Crippen LogP contribution in [0.4, 0.5) is 4.39 Å². The van der Waals surface area contributed by atoms with E-state index in [0.717, 1.165) is 36.9 Å². The van der Waals surface area contributed by atoms with E-state index in [-0.39, 0.29) is 11.7 Å². The molecular formula is C20H24FN3O2. The summed E-state index contributed by atoms with van der Waals surface area (Å²) in [5.41, 5.74) is 2.31. The molecule has 2 aromatic rings. The zero-order valence-electron chi connectivity index (χ0n) is 15.0. The molecule has 1 N–H and O–H groups in total. The minimum Gasteiger partial charge on any atom is -0.388 e. The molecule has 2 heterocycles. The van der Waals surface area contributed by atoms with Crippen molar-refractivity contribution in [2.24, 2.45) is 0 Å². The fourth-order valence-electron chi connectivity index (χ4n) is 4.06. The second-order valence-electron chi connectivity index (χ2n) is 7.43. The van der Waals surface area contributed by atoms with Crippen molar-refractivity contribution in [1.82, 2.24) is 14.7 Å². The predicted molar refractivity (Wildman–Crippen MR) is 95.9 cm³/mol. The number of amides is 1. The molecule has 0 saturated carbocycles. The Hall–Kier alpha value is -2.21. The fraction of sp³-hybridized carbons (Fsp3) is 0.500. The molecule has 0 spiro atoms. The lowest BCUT2D eigenvalue weighted by molar-refractivity contribution is 0.0411. The SMILES string of the molecule is CC[C@]1(O)CCN(C(=O)c2nn(-c3cccc(F)c3)c3c2CCCC3)C1. The Kier molecular flexibility index (Phi) is 4.31. The van der Waals surface area contributed by atoms with Crippen LogP contribution < -0.4 is 0 Å². The van der Waals surface area contributed by atoms with Gasteiger partial charge < -0.3 is 10.0 Å². The van der Waals surface area contributed by atoms with Gasteiger partial charge in [0.15, 0.2) is 5.69 Å². The first-order valence-corrected chi connectivity index (χ1v) is 9.39. The lowest BCUT2D eigenvalue weighted by atomic mass is 9.95. The smallest absolute Gasteiger partial charge is 0.274 e. The lowest BCUT2D eigenvalue weighted by Gasteiger charge is -2.21. The van der Waals surface area contributed by atoms with E-state index in [1.165, 1.54) is 12.1 Å². The molecule has 0 unspecified atom stereocenters. The van der Waals surface area contributed by atoms with Gasteiger partial charge in [-0.05, 0) is 56.7 Å². The third kappa shape index (κ3) is 2.92. The normalized spacial score (nSPS) is 22.5. The zero-order chi connectivity index (χ0) is 18.3. The molecule has 1 aliphatic heterocycles. The van der Waals surface area contributed by atoms with Crippen LogP contribution in [-0.4, -0.2) is 44.4 Å². The summed E-state index contributed by atoms with van der Waals surface area (Å²) in [5, 5.41) is 15.1. The zero-order valence-corrected chi connectivity index (χ0v) is 15.0. The molecule has 1 amide bonds. The third-order valence-corrected chi connectivity index (χ3v) is 5.71.